The zero-order valence-corrected chi connectivity index (χ0v) is 19.0. The Balaban J connectivity index is 1.65. The van der Waals surface area contributed by atoms with E-state index in [4.69, 9.17) is 44.5 Å². The number of aryl methyl sites for hydroxylation is 2. The minimum Gasteiger partial charge on any atom is -0.445 e. The summed E-state index contributed by atoms with van der Waals surface area (Å²) in [6.45, 7) is 0.753. The summed E-state index contributed by atoms with van der Waals surface area (Å²) in [5, 5.41) is 9.32. The molecule has 2 heterocycles. The van der Waals surface area contributed by atoms with Gasteiger partial charge in [0.1, 0.15) is 6.61 Å². The number of alkyl halides is 3. The first-order valence-corrected chi connectivity index (χ1v) is 11.2. The van der Waals surface area contributed by atoms with E-state index < -0.39 is 9.89 Å². The lowest BCUT2D eigenvalue weighted by Gasteiger charge is -2.30. The molecule has 1 aliphatic heterocycles. The maximum absolute atomic E-state index is 12.3. The molecule has 0 saturated carbocycles. The van der Waals surface area contributed by atoms with Gasteiger partial charge in [-0.2, -0.15) is 5.26 Å². The highest BCUT2D eigenvalue weighted by atomic mass is 35.6. The number of ether oxygens (including phenoxy) is 1. The van der Waals surface area contributed by atoms with Crippen LogP contribution < -0.4 is 0 Å². The van der Waals surface area contributed by atoms with E-state index in [1.54, 1.807) is 4.90 Å². The lowest BCUT2D eigenvalue weighted by molar-refractivity contribution is 0.101. The van der Waals surface area contributed by atoms with E-state index in [0.29, 0.717) is 31.5 Å². The first kappa shape index (κ1) is 22.0. The lowest BCUT2D eigenvalue weighted by Crippen LogP contribution is -2.38. The number of nitriles is 1. The summed E-state index contributed by atoms with van der Waals surface area (Å²) in [5.74, 6) is 0. The molecular formula is C23H20Cl3N3O2. The zero-order chi connectivity index (χ0) is 22.0. The third-order valence-corrected chi connectivity index (χ3v) is 5.96. The van der Waals surface area contributed by atoms with Crippen molar-refractivity contribution in [1.82, 2.24) is 9.88 Å². The Morgan fingerprint density at radius 3 is 2.58 bits per heavy atom. The topological polar surface area (TPSA) is 66.2 Å². The molecule has 0 unspecified atom stereocenters. The highest BCUT2D eigenvalue weighted by Gasteiger charge is 2.29. The van der Waals surface area contributed by atoms with Crippen LogP contribution >= 0.6 is 34.8 Å². The average molecular weight is 477 g/mol. The van der Waals surface area contributed by atoms with Gasteiger partial charge in [0.2, 0.25) is 3.79 Å². The van der Waals surface area contributed by atoms with Gasteiger partial charge >= 0.3 is 6.09 Å². The highest BCUT2D eigenvalue weighted by molar-refractivity contribution is 6.67. The average Bonchev–Trinajstić information content (AvgIpc) is 2.93. The Morgan fingerprint density at radius 1 is 1.13 bits per heavy atom. The standard InChI is InChI=1S/C23H20Cl3N3O2/c24-23(25,26)14-31-22(30)29-10-7-16(8-11-29)20-19-6-3-15(13-27)12-18(19)5-4-17-2-1-9-28-21(17)20/h1-3,6,9,12H,4-5,7-8,10-11,14H2. The summed E-state index contributed by atoms with van der Waals surface area (Å²) in [6, 6.07) is 12.2. The van der Waals surface area contributed by atoms with Crippen LogP contribution in [0.4, 0.5) is 4.79 Å². The molecule has 1 aliphatic carbocycles. The van der Waals surface area contributed by atoms with E-state index in [2.05, 4.69) is 12.1 Å². The normalized spacial score (nSPS) is 16.1. The van der Waals surface area contributed by atoms with Crippen LogP contribution in [0.5, 0.6) is 0 Å². The number of nitrogens with zero attached hydrogens (tertiary/aromatic N) is 3. The van der Waals surface area contributed by atoms with Gasteiger partial charge in [-0.25, -0.2) is 4.79 Å². The van der Waals surface area contributed by atoms with Crippen molar-refractivity contribution in [3.05, 3.63) is 70.0 Å². The molecular weight excluding hydrogens is 457 g/mol. The van der Waals surface area contributed by atoms with Gasteiger partial charge in [-0.1, -0.05) is 52.5 Å². The van der Waals surface area contributed by atoms with E-state index in [-0.39, 0.29) is 6.61 Å². The number of fused-ring (bicyclic) bond motifs is 2. The second kappa shape index (κ2) is 9.08. The van der Waals surface area contributed by atoms with E-state index in [1.165, 1.54) is 11.1 Å². The number of carbonyl (C=O) groups excluding carboxylic acids is 1. The zero-order valence-electron chi connectivity index (χ0n) is 16.7. The number of aromatic nitrogens is 1. The van der Waals surface area contributed by atoms with Crippen LogP contribution in [0, 0.1) is 11.3 Å². The summed E-state index contributed by atoms with van der Waals surface area (Å²) in [6.07, 6.45) is 4.47. The van der Waals surface area contributed by atoms with Gasteiger partial charge in [-0.3, -0.25) is 4.98 Å². The Hall–Kier alpha value is -2.26. The molecule has 0 radical (unpaired) electrons. The molecule has 8 heteroatoms. The van der Waals surface area contributed by atoms with Gasteiger partial charge < -0.3 is 9.64 Å². The Morgan fingerprint density at radius 2 is 1.87 bits per heavy atom. The van der Waals surface area contributed by atoms with Crippen LogP contribution in [0.15, 0.2) is 42.1 Å². The number of amides is 1. The SMILES string of the molecule is N#Cc1ccc2c(c1)CCc1cccnc1C2=C1CCN(C(=O)OCC(Cl)(Cl)Cl)CC1. The number of carbonyl (C=O) groups is 1. The molecule has 0 atom stereocenters. The summed E-state index contributed by atoms with van der Waals surface area (Å²) >= 11 is 17.0. The Kier molecular flexibility index (Phi) is 6.43. The number of hydrogen-bond acceptors (Lipinski definition) is 4. The van der Waals surface area contributed by atoms with Crippen molar-refractivity contribution in [3.8, 4) is 6.07 Å². The van der Waals surface area contributed by atoms with Gasteiger partial charge in [0, 0.05) is 24.9 Å². The second-order valence-corrected chi connectivity index (χ2v) is 10.1. The van der Waals surface area contributed by atoms with Crippen LogP contribution in [-0.4, -0.2) is 39.5 Å². The molecule has 2 aromatic rings. The molecule has 0 bridgehead atoms. The number of rotatable bonds is 1. The Labute approximate surface area is 196 Å². The maximum Gasteiger partial charge on any atom is 0.409 e. The number of halogens is 3. The van der Waals surface area contributed by atoms with Crippen molar-refractivity contribution < 1.29 is 9.53 Å². The molecule has 31 heavy (non-hydrogen) atoms. The molecule has 2 aliphatic rings. The van der Waals surface area contributed by atoms with Crippen LogP contribution in [0.1, 0.15) is 40.8 Å². The van der Waals surface area contributed by atoms with Crippen molar-refractivity contribution in [3.63, 3.8) is 0 Å². The number of hydrogen-bond donors (Lipinski definition) is 0. The van der Waals surface area contributed by atoms with E-state index in [1.807, 2.05) is 30.5 Å². The Bertz CT molecular complexity index is 1080. The smallest absolute Gasteiger partial charge is 0.409 e. The van der Waals surface area contributed by atoms with E-state index in [0.717, 1.165) is 35.2 Å². The van der Waals surface area contributed by atoms with Crippen LogP contribution in [0.3, 0.4) is 0 Å². The lowest BCUT2D eigenvalue weighted by atomic mass is 9.88. The minimum absolute atomic E-state index is 0.285. The fourth-order valence-electron chi connectivity index (χ4n) is 4.18. The first-order chi connectivity index (χ1) is 14.9. The van der Waals surface area contributed by atoms with Crippen molar-refractivity contribution in [2.45, 2.75) is 29.5 Å². The number of piperidine rings is 1. The number of benzene rings is 1. The maximum atomic E-state index is 12.3. The summed E-state index contributed by atoms with van der Waals surface area (Å²) in [5.41, 5.74) is 7.51. The van der Waals surface area contributed by atoms with E-state index in [9.17, 15) is 10.1 Å². The molecule has 1 aromatic carbocycles. The fourth-order valence-corrected chi connectivity index (χ4v) is 4.34. The molecule has 1 amide bonds. The summed E-state index contributed by atoms with van der Waals surface area (Å²) in [7, 11) is 0. The molecule has 1 fully saturated rings. The van der Waals surface area contributed by atoms with Crippen molar-refractivity contribution in [2.75, 3.05) is 19.7 Å². The minimum atomic E-state index is -1.62. The molecule has 1 saturated heterocycles. The van der Waals surface area contributed by atoms with Gasteiger partial charge in [-0.15, -0.1) is 0 Å². The van der Waals surface area contributed by atoms with Gasteiger partial charge in [0.05, 0.1) is 17.3 Å². The third kappa shape index (κ3) is 4.98. The van der Waals surface area contributed by atoms with E-state index >= 15 is 0 Å². The van der Waals surface area contributed by atoms with Gasteiger partial charge in [-0.05, 0) is 60.6 Å². The number of pyridine rings is 1. The molecule has 160 valence electrons. The quantitative estimate of drug-likeness (QED) is 0.513. The third-order valence-electron chi connectivity index (χ3n) is 5.63. The summed E-state index contributed by atoms with van der Waals surface area (Å²) < 4.78 is 3.49. The van der Waals surface area contributed by atoms with Crippen LogP contribution in [-0.2, 0) is 17.6 Å². The van der Waals surface area contributed by atoms with Gasteiger partial charge in [0.15, 0.2) is 0 Å². The molecule has 0 spiro atoms. The largest absolute Gasteiger partial charge is 0.445 e. The first-order valence-electron chi connectivity index (χ1n) is 10.0. The molecule has 1 aromatic heterocycles. The predicted octanol–water partition coefficient (Wildman–Crippen LogP) is 5.46. The fraction of sp³-hybridized carbons (Fsp3) is 0.348. The van der Waals surface area contributed by atoms with Crippen LogP contribution in [0.2, 0.25) is 0 Å². The molecule has 5 nitrogen and oxygen atoms in total. The van der Waals surface area contributed by atoms with Gasteiger partial charge in [0.25, 0.3) is 0 Å². The molecule has 4 rings (SSSR count). The van der Waals surface area contributed by atoms with Crippen LogP contribution in [0.25, 0.3) is 5.57 Å². The predicted molar refractivity (Wildman–Crippen MR) is 121 cm³/mol. The van der Waals surface area contributed by atoms with Crippen molar-refractivity contribution in [2.24, 2.45) is 0 Å². The second-order valence-electron chi connectivity index (χ2n) is 7.63. The monoisotopic (exact) mass is 475 g/mol. The highest BCUT2D eigenvalue weighted by Crippen LogP contribution is 2.38. The van der Waals surface area contributed by atoms with Crippen molar-refractivity contribution >= 4 is 46.5 Å². The van der Waals surface area contributed by atoms with Crippen molar-refractivity contribution in [1.29, 1.82) is 5.26 Å². The molecule has 0 N–H and O–H groups in total. The summed E-state index contributed by atoms with van der Waals surface area (Å²) in [4.78, 5) is 18.7. The number of likely N-dealkylation sites (tertiary alicyclic amines) is 1.